The Labute approximate surface area is 135 Å². The van der Waals surface area contributed by atoms with Gasteiger partial charge in [-0.15, -0.1) is 0 Å². The number of rotatable bonds is 4. The standard InChI is InChI=1S/C14H10BrCl2NO2/c1-8(20-11-4-9(15)6-18-7-11)14(19)12-3-2-10(16)5-13(12)17/h2-8H,1H3. The first kappa shape index (κ1) is 15.3. The van der Waals surface area contributed by atoms with Gasteiger partial charge in [0.25, 0.3) is 0 Å². The van der Waals surface area contributed by atoms with Crippen molar-refractivity contribution in [1.82, 2.24) is 4.98 Å². The maximum Gasteiger partial charge on any atom is 0.204 e. The van der Waals surface area contributed by atoms with Gasteiger partial charge in [0.1, 0.15) is 5.75 Å². The summed E-state index contributed by atoms with van der Waals surface area (Å²) in [6, 6.07) is 6.48. The van der Waals surface area contributed by atoms with Gasteiger partial charge in [0, 0.05) is 21.3 Å². The van der Waals surface area contributed by atoms with Crippen molar-refractivity contribution in [3.05, 3.63) is 56.7 Å². The summed E-state index contributed by atoms with van der Waals surface area (Å²) in [5, 5.41) is 0.793. The van der Waals surface area contributed by atoms with Crippen LogP contribution >= 0.6 is 39.1 Å². The fraction of sp³-hybridized carbons (Fsp3) is 0.143. The van der Waals surface area contributed by atoms with E-state index in [9.17, 15) is 4.79 Å². The number of hydrogen-bond acceptors (Lipinski definition) is 3. The molecule has 0 amide bonds. The smallest absolute Gasteiger partial charge is 0.204 e. The van der Waals surface area contributed by atoms with Crippen LogP contribution in [0.5, 0.6) is 5.75 Å². The number of ketones is 1. The lowest BCUT2D eigenvalue weighted by Crippen LogP contribution is -2.24. The highest BCUT2D eigenvalue weighted by Crippen LogP contribution is 2.24. The van der Waals surface area contributed by atoms with Crippen molar-refractivity contribution in [1.29, 1.82) is 0 Å². The number of Topliss-reactive ketones (excluding diaryl/α,β-unsaturated/α-hetero) is 1. The first-order valence-electron chi connectivity index (χ1n) is 5.74. The van der Waals surface area contributed by atoms with Gasteiger partial charge in [0.05, 0.1) is 11.2 Å². The second-order valence-corrected chi connectivity index (χ2v) is 5.85. The van der Waals surface area contributed by atoms with Gasteiger partial charge in [-0.05, 0) is 47.1 Å². The molecule has 2 aromatic rings. The van der Waals surface area contributed by atoms with Crippen LogP contribution in [0.4, 0.5) is 0 Å². The van der Waals surface area contributed by atoms with Gasteiger partial charge in [-0.3, -0.25) is 9.78 Å². The Bertz CT molecular complexity index is 649. The van der Waals surface area contributed by atoms with Gasteiger partial charge in [0.15, 0.2) is 6.10 Å². The predicted octanol–water partition coefficient (Wildman–Crippen LogP) is 4.80. The van der Waals surface area contributed by atoms with Gasteiger partial charge in [-0.25, -0.2) is 0 Å². The molecule has 1 heterocycles. The number of carbonyl (C=O) groups excluding carboxylic acids is 1. The Kier molecular flexibility index (Phi) is 5.02. The zero-order valence-electron chi connectivity index (χ0n) is 10.4. The lowest BCUT2D eigenvalue weighted by molar-refractivity contribution is 0.0817. The number of ether oxygens (including phenoxy) is 1. The average Bonchev–Trinajstić information content (AvgIpc) is 2.38. The molecule has 1 atom stereocenters. The molecule has 0 N–H and O–H groups in total. The molecule has 0 fully saturated rings. The minimum atomic E-state index is -0.676. The van der Waals surface area contributed by atoms with Crippen LogP contribution in [0.15, 0.2) is 41.1 Å². The normalized spacial score (nSPS) is 12.0. The summed E-state index contributed by atoms with van der Waals surface area (Å²) in [5.41, 5.74) is 0.381. The maximum atomic E-state index is 12.3. The number of pyridine rings is 1. The molecule has 2 rings (SSSR count). The van der Waals surface area contributed by atoms with Gasteiger partial charge in [-0.1, -0.05) is 23.2 Å². The number of halogens is 3. The van der Waals surface area contributed by atoms with Crippen molar-refractivity contribution in [3.63, 3.8) is 0 Å². The highest BCUT2D eigenvalue weighted by molar-refractivity contribution is 9.10. The van der Waals surface area contributed by atoms with Crippen molar-refractivity contribution in [2.75, 3.05) is 0 Å². The van der Waals surface area contributed by atoms with E-state index in [4.69, 9.17) is 27.9 Å². The maximum absolute atomic E-state index is 12.3. The summed E-state index contributed by atoms with van der Waals surface area (Å²) >= 11 is 15.1. The molecule has 0 aliphatic heterocycles. The third-order valence-corrected chi connectivity index (χ3v) is 3.54. The molecule has 20 heavy (non-hydrogen) atoms. The number of benzene rings is 1. The zero-order valence-corrected chi connectivity index (χ0v) is 13.5. The average molecular weight is 375 g/mol. The number of nitrogens with zero attached hydrogens (tertiary/aromatic N) is 1. The molecule has 0 spiro atoms. The monoisotopic (exact) mass is 373 g/mol. The summed E-state index contributed by atoms with van der Waals surface area (Å²) in [4.78, 5) is 16.3. The first-order chi connectivity index (χ1) is 9.47. The summed E-state index contributed by atoms with van der Waals surface area (Å²) in [5.74, 6) is 0.289. The molecule has 6 heteroatoms. The van der Waals surface area contributed by atoms with E-state index in [1.807, 2.05) is 0 Å². The topological polar surface area (TPSA) is 39.2 Å². The van der Waals surface area contributed by atoms with E-state index >= 15 is 0 Å². The third kappa shape index (κ3) is 3.72. The quantitative estimate of drug-likeness (QED) is 0.721. The lowest BCUT2D eigenvalue weighted by Gasteiger charge is -2.14. The van der Waals surface area contributed by atoms with Crippen LogP contribution in [0.3, 0.4) is 0 Å². The van der Waals surface area contributed by atoms with E-state index in [1.165, 1.54) is 12.3 Å². The Morgan fingerprint density at radius 1 is 1.30 bits per heavy atom. The van der Waals surface area contributed by atoms with E-state index in [1.54, 1.807) is 31.3 Å². The second-order valence-electron chi connectivity index (χ2n) is 4.09. The molecule has 3 nitrogen and oxygen atoms in total. The molecule has 0 saturated heterocycles. The minimum Gasteiger partial charge on any atom is -0.481 e. The van der Waals surface area contributed by atoms with Gasteiger partial charge >= 0.3 is 0 Å². The SMILES string of the molecule is CC(Oc1cncc(Br)c1)C(=O)c1ccc(Cl)cc1Cl. The van der Waals surface area contributed by atoms with Crippen molar-refractivity contribution in [2.24, 2.45) is 0 Å². The van der Waals surface area contributed by atoms with Crippen LogP contribution in [0, 0.1) is 0 Å². The Hall–Kier alpha value is -1.10. The van der Waals surface area contributed by atoms with Crippen LogP contribution in [-0.4, -0.2) is 16.9 Å². The number of carbonyl (C=O) groups is 1. The Balaban J connectivity index is 2.16. The predicted molar refractivity (Wildman–Crippen MR) is 82.8 cm³/mol. The molecule has 0 radical (unpaired) electrons. The van der Waals surface area contributed by atoms with Crippen molar-refractivity contribution >= 4 is 44.9 Å². The highest BCUT2D eigenvalue weighted by atomic mass is 79.9. The van der Waals surface area contributed by atoms with Gasteiger partial charge in [0.2, 0.25) is 5.78 Å². The van der Waals surface area contributed by atoms with Crippen LogP contribution in [0.25, 0.3) is 0 Å². The summed E-state index contributed by atoms with van der Waals surface area (Å²) in [7, 11) is 0. The van der Waals surface area contributed by atoms with Crippen molar-refractivity contribution in [3.8, 4) is 5.75 Å². The fourth-order valence-electron chi connectivity index (χ4n) is 1.62. The Morgan fingerprint density at radius 2 is 2.05 bits per heavy atom. The molecule has 0 aliphatic rings. The summed E-state index contributed by atoms with van der Waals surface area (Å²) in [6.45, 7) is 1.66. The minimum absolute atomic E-state index is 0.216. The number of aromatic nitrogens is 1. The molecule has 1 unspecified atom stereocenters. The van der Waals surface area contributed by atoms with Crippen molar-refractivity contribution in [2.45, 2.75) is 13.0 Å². The zero-order chi connectivity index (χ0) is 14.7. The first-order valence-corrected chi connectivity index (χ1v) is 7.28. The lowest BCUT2D eigenvalue weighted by atomic mass is 10.1. The third-order valence-electron chi connectivity index (χ3n) is 2.56. The van der Waals surface area contributed by atoms with Crippen LogP contribution in [-0.2, 0) is 0 Å². The van der Waals surface area contributed by atoms with E-state index in [0.717, 1.165) is 4.47 Å². The van der Waals surface area contributed by atoms with Gasteiger partial charge < -0.3 is 4.74 Å². The fourth-order valence-corrected chi connectivity index (χ4v) is 2.47. The molecule has 0 bridgehead atoms. The molecular formula is C14H10BrCl2NO2. The molecule has 0 saturated carbocycles. The van der Waals surface area contributed by atoms with E-state index in [2.05, 4.69) is 20.9 Å². The molecule has 104 valence electrons. The van der Waals surface area contributed by atoms with Crippen LogP contribution in [0.2, 0.25) is 10.0 Å². The van der Waals surface area contributed by atoms with Gasteiger partial charge in [-0.2, -0.15) is 0 Å². The highest BCUT2D eigenvalue weighted by Gasteiger charge is 2.19. The Morgan fingerprint density at radius 3 is 2.70 bits per heavy atom. The van der Waals surface area contributed by atoms with Crippen molar-refractivity contribution < 1.29 is 9.53 Å². The van der Waals surface area contributed by atoms with Crippen LogP contribution in [0.1, 0.15) is 17.3 Å². The molecule has 1 aromatic carbocycles. The molecular weight excluding hydrogens is 365 g/mol. The molecule has 1 aromatic heterocycles. The van der Waals surface area contributed by atoms with E-state index in [-0.39, 0.29) is 5.78 Å². The summed E-state index contributed by atoms with van der Waals surface area (Å²) in [6.07, 6.45) is 2.50. The number of hydrogen-bond donors (Lipinski definition) is 0. The largest absolute Gasteiger partial charge is 0.481 e. The second kappa shape index (κ2) is 6.57. The summed E-state index contributed by atoms with van der Waals surface area (Å²) < 4.78 is 6.34. The molecule has 0 aliphatic carbocycles. The van der Waals surface area contributed by atoms with E-state index in [0.29, 0.717) is 21.4 Å². The van der Waals surface area contributed by atoms with Crippen LogP contribution < -0.4 is 4.74 Å². The van der Waals surface area contributed by atoms with E-state index < -0.39 is 6.10 Å².